The van der Waals surface area contributed by atoms with Crippen LogP contribution in [0.25, 0.3) is 5.76 Å². The lowest BCUT2D eigenvalue weighted by molar-refractivity contribution is -0.140. The Bertz CT molecular complexity index is 997. The highest BCUT2D eigenvalue weighted by Gasteiger charge is 2.47. The molecule has 2 aromatic rings. The van der Waals surface area contributed by atoms with E-state index in [1.54, 1.807) is 24.3 Å². The molecule has 0 aliphatic carbocycles. The van der Waals surface area contributed by atoms with Crippen molar-refractivity contribution >= 4 is 29.1 Å². The molecule has 4 rings (SSSR count). The van der Waals surface area contributed by atoms with Crippen LogP contribution in [-0.4, -0.2) is 73.1 Å². The van der Waals surface area contributed by atoms with Gasteiger partial charge in [0.25, 0.3) is 11.7 Å². The lowest BCUT2D eigenvalue weighted by Gasteiger charge is -2.30. The minimum atomic E-state index is -0.847. The first-order valence-electron chi connectivity index (χ1n) is 9.97. The fourth-order valence-corrected chi connectivity index (χ4v) is 4.11. The van der Waals surface area contributed by atoms with Crippen molar-refractivity contribution in [1.82, 2.24) is 9.80 Å². The summed E-state index contributed by atoms with van der Waals surface area (Å²) >= 11 is 6.10. The third-order valence-electron chi connectivity index (χ3n) is 5.53. The second-order valence-electron chi connectivity index (χ2n) is 7.31. The van der Waals surface area contributed by atoms with Gasteiger partial charge < -0.3 is 23.9 Å². The molecule has 2 aliphatic heterocycles. The standard InChI is InChI=1S/C22H23ClN2O6/c1-29-16-5-4-14(23)13-15(16)20(26)18-19(17-3-2-10-31-17)25(22(28)21(18)27)7-6-24-8-11-30-12-9-24/h2-5,10,13,19,26H,6-9,11-12H2,1H3/b20-18+/t19-/m0/s1. The minimum absolute atomic E-state index is 0.0532. The molecule has 0 bridgehead atoms. The number of ketones is 1. The molecular formula is C22H23ClN2O6. The van der Waals surface area contributed by atoms with Gasteiger partial charge in [0.2, 0.25) is 0 Å². The van der Waals surface area contributed by atoms with E-state index >= 15 is 0 Å². The zero-order chi connectivity index (χ0) is 22.0. The molecule has 2 aliphatic rings. The van der Waals surface area contributed by atoms with Crippen LogP contribution in [0.3, 0.4) is 0 Å². The predicted molar refractivity (Wildman–Crippen MR) is 113 cm³/mol. The minimum Gasteiger partial charge on any atom is -0.507 e. The number of aliphatic hydroxyl groups is 1. The van der Waals surface area contributed by atoms with Crippen molar-refractivity contribution in [3.63, 3.8) is 0 Å². The SMILES string of the molecule is COc1ccc(Cl)cc1/C(O)=C1\C(=O)C(=O)N(CCN2CCOCC2)[C@H]1c1ccco1. The highest BCUT2D eigenvalue weighted by Crippen LogP contribution is 2.41. The van der Waals surface area contributed by atoms with Gasteiger partial charge in [-0.05, 0) is 30.3 Å². The Hall–Kier alpha value is -2.81. The third kappa shape index (κ3) is 4.19. The first-order valence-corrected chi connectivity index (χ1v) is 10.3. The topological polar surface area (TPSA) is 92.5 Å². The van der Waals surface area contributed by atoms with Gasteiger partial charge in [-0.25, -0.2) is 0 Å². The second kappa shape index (κ2) is 9.13. The van der Waals surface area contributed by atoms with Crippen molar-refractivity contribution in [1.29, 1.82) is 0 Å². The van der Waals surface area contributed by atoms with Gasteiger partial charge in [0, 0.05) is 31.2 Å². The normalized spacial score (nSPS) is 21.6. The van der Waals surface area contributed by atoms with E-state index in [-0.39, 0.29) is 16.9 Å². The molecule has 164 valence electrons. The van der Waals surface area contributed by atoms with Crippen molar-refractivity contribution in [2.75, 3.05) is 46.5 Å². The maximum absolute atomic E-state index is 13.0. The van der Waals surface area contributed by atoms with Crippen LogP contribution in [0.5, 0.6) is 5.75 Å². The number of benzene rings is 1. The number of hydrogen-bond donors (Lipinski definition) is 1. The summed E-state index contributed by atoms with van der Waals surface area (Å²) in [6, 6.07) is 7.21. The molecule has 0 radical (unpaired) electrons. The third-order valence-corrected chi connectivity index (χ3v) is 5.77. The number of furan rings is 1. The Balaban J connectivity index is 1.74. The first-order chi connectivity index (χ1) is 15.0. The van der Waals surface area contributed by atoms with E-state index in [0.717, 1.165) is 13.1 Å². The van der Waals surface area contributed by atoms with Crippen LogP contribution in [-0.2, 0) is 14.3 Å². The molecule has 8 nitrogen and oxygen atoms in total. The first kappa shape index (κ1) is 21.4. The maximum Gasteiger partial charge on any atom is 0.295 e. The highest BCUT2D eigenvalue weighted by atomic mass is 35.5. The zero-order valence-corrected chi connectivity index (χ0v) is 17.8. The van der Waals surface area contributed by atoms with E-state index < -0.39 is 17.7 Å². The fraction of sp³-hybridized carbons (Fsp3) is 0.364. The number of rotatable bonds is 6. The summed E-state index contributed by atoms with van der Waals surface area (Å²) in [6.45, 7) is 3.67. The summed E-state index contributed by atoms with van der Waals surface area (Å²) in [5.41, 5.74) is 0.181. The molecule has 2 saturated heterocycles. The van der Waals surface area contributed by atoms with Gasteiger partial charge in [0.1, 0.15) is 23.3 Å². The van der Waals surface area contributed by atoms with E-state index in [9.17, 15) is 14.7 Å². The van der Waals surface area contributed by atoms with Crippen LogP contribution < -0.4 is 4.74 Å². The smallest absolute Gasteiger partial charge is 0.295 e. The maximum atomic E-state index is 13.0. The van der Waals surface area contributed by atoms with Crippen LogP contribution in [0.4, 0.5) is 0 Å². The van der Waals surface area contributed by atoms with Gasteiger partial charge in [0.15, 0.2) is 0 Å². The second-order valence-corrected chi connectivity index (χ2v) is 7.74. The number of hydrogen-bond acceptors (Lipinski definition) is 7. The molecule has 0 spiro atoms. The van der Waals surface area contributed by atoms with Gasteiger partial charge >= 0.3 is 0 Å². The monoisotopic (exact) mass is 446 g/mol. The Labute approximate surface area is 184 Å². The molecule has 2 fully saturated rings. The molecule has 1 aromatic heterocycles. The number of carbonyl (C=O) groups is 2. The number of likely N-dealkylation sites (tertiary alicyclic amines) is 1. The lowest BCUT2D eigenvalue weighted by atomic mass is 9.99. The van der Waals surface area contributed by atoms with Gasteiger partial charge in [0.05, 0.1) is 37.7 Å². The van der Waals surface area contributed by atoms with E-state index in [1.165, 1.54) is 24.3 Å². The zero-order valence-electron chi connectivity index (χ0n) is 17.0. The quantitative estimate of drug-likeness (QED) is 0.414. The molecule has 3 heterocycles. The summed E-state index contributed by atoms with van der Waals surface area (Å²) in [5.74, 6) is -1.09. The average Bonchev–Trinajstić information content (AvgIpc) is 3.40. The molecule has 1 aromatic carbocycles. The van der Waals surface area contributed by atoms with Crippen LogP contribution in [0.15, 0.2) is 46.6 Å². The van der Waals surface area contributed by atoms with E-state index in [1.807, 2.05) is 0 Å². The van der Waals surface area contributed by atoms with Crippen molar-refractivity contribution in [3.05, 3.63) is 58.5 Å². The lowest BCUT2D eigenvalue weighted by Crippen LogP contribution is -2.42. The van der Waals surface area contributed by atoms with Crippen LogP contribution in [0, 0.1) is 0 Å². The number of ether oxygens (including phenoxy) is 2. The number of morpholine rings is 1. The van der Waals surface area contributed by atoms with E-state index in [2.05, 4.69) is 4.90 Å². The van der Waals surface area contributed by atoms with Gasteiger partial charge in [-0.15, -0.1) is 0 Å². The molecule has 0 saturated carbocycles. The van der Waals surface area contributed by atoms with Gasteiger partial charge in [-0.1, -0.05) is 11.6 Å². The molecule has 1 N–H and O–H groups in total. The largest absolute Gasteiger partial charge is 0.507 e. The summed E-state index contributed by atoms with van der Waals surface area (Å²) in [4.78, 5) is 29.6. The molecule has 0 unspecified atom stereocenters. The van der Waals surface area contributed by atoms with Crippen LogP contribution in [0.1, 0.15) is 17.4 Å². The van der Waals surface area contributed by atoms with Crippen LogP contribution in [0.2, 0.25) is 5.02 Å². The molecule has 31 heavy (non-hydrogen) atoms. The van der Waals surface area contributed by atoms with Crippen molar-refractivity contribution < 1.29 is 28.6 Å². The van der Waals surface area contributed by atoms with Crippen molar-refractivity contribution in [2.45, 2.75) is 6.04 Å². The molecular weight excluding hydrogens is 424 g/mol. The van der Waals surface area contributed by atoms with Gasteiger partial charge in [-0.3, -0.25) is 14.5 Å². The van der Waals surface area contributed by atoms with Crippen molar-refractivity contribution in [2.24, 2.45) is 0 Å². The summed E-state index contributed by atoms with van der Waals surface area (Å²) in [7, 11) is 1.45. The van der Waals surface area contributed by atoms with Crippen LogP contribution >= 0.6 is 11.6 Å². The van der Waals surface area contributed by atoms with E-state index in [4.69, 9.17) is 25.5 Å². The summed E-state index contributed by atoms with van der Waals surface area (Å²) < 4.78 is 16.2. The Morgan fingerprint density at radius 2 is 2.00 bits per heavy atom. The Kier molecular flexibility index (Phi) is 6.31. The molecule has 1 amide bonds. The average molecular weight is 447 g/mol. The number of aliphatic hydroxyl groups excluding tert-OH is 1. The number of amides is 1. The number of Topliss-reactive ketones (excluding diaryl/α,β-unsaturated/α-hetero) is 1. The Morgan fingerprint density at radius 1 is 1.23 bits per heavy atom. The Morgan fingerprint density at radius 3 is 2.68 bits per heavy atom. The number of nitrogens with zero attached hydrogens (tertiary/aromatic N) is 2. The number of methoxy groups -OCH3 is 1. The fourth-order valence-electron chi connectivity index (χ4n) is 3.94. The number of carbonyl (C=O) groups excluding carboxylic acids is 2. The summed E-state index contributed by atoms with van der Waals surface area (Å²) in [5, 5.41) is 11.5. The van der Waals surface area contributed by atoms with Crippen molar-refractivity contribution in [3.8, 4) is 5.75 Å². The molecule has 1 atom stereocenters. The summed E-state index contributed by atoms with van der Waals surface area (Å²) in [6.07, 6.45) is 1.47. The molecule has 9 heteroatoms. The highest BCUT2D eigenvalue weighted by molar-refractivity contribution is 6.46. The van der Waals surface area contributed by atoms with E-state index in [0.29, 0.717) is 42.8 Å². The van der Waals surface area contributed by atoms with Gasteiger partial charge in [-0.2, -0.15) is 0 Å². The predicted octanol–water partition coefficient (Wildman–Crippen LogP) is 2.70. The number of halogens is 1.